The fourth-order valence-electron chi connectivity index (χ4n) is 1.90. The van der Waals surface area contributed by atoms with Gasteiger partial charge in [-0.3, -0.25) is 4.57 Å². The molecule has 0 saturated heterocycles. The summed E-state index contributed by atoms with van der Waals surface area (Å²) in [6, 6.07) is 5.81. The van der Waals surface area contributed by atoms with Gasteiger partial charge in [0.15, 0.2) is 0 Å². The van der Waals surface area contributed by atoms with Crippen molar-refractivity contribution >= 4 is 22.9 Å². The summed E-state index contributed by atoms with van der Waals surface area (Å²) in [6.45, 7) is 5.87. The Morgan fingerprint density at radius 2 is 2.21 bits per heavy atom. The van der Waals surface area contributed by atoms with E-state index in [1.807, 2.05) is 32.0 Å². The number of hydrogen-bond donors (Lipinski definition) is 1. The van der Waals surface area contributed by atoms with Crippen LogP contribution >= 0.6 is 22.9 Å². The molecule has 0 aromatic carbocycles. The first-order chi connectivity index (χ1) is 9.06. The van der Waals surface area contributed by atoms with Crippen LogP contribution in [0.4, 0.5) is 0 Å². The molecule has 19 heavy (non-hydrogen) atoms. The maximum atomic E-state index is 11.7. The molecule has 0 aliphatic rings. The quantitative estimate of drug-likeness (QED) is 0.862. The Hall–Kier alpha value is -1.17. The Balaban J connectivity index is 1.88. The van der Waals surface area contributed by atoms with Gasteiger partial charge in [-0.1, -0.05) is 11.6 Å². The van der Waals surface area contributed by atoms with Crippen LogP contribution in [0.15, 0.2) is 23.0 Å². The number of aromatic nitrogens is 2. The fourth-order valence-corrected chi connectivity index (χ4v) is 2.95. The SMILES string of the molecule is Cc1cc(C)n(CCNCc2ccc(Cl)s2)c(=O)n1. The normalized spacial score (nSPS) is 10.9. The topological polar surface area (TPSA) is 46.9 Å². The van der Waals surface area contributed by atoms with Crippen molar-refractivity contribution in [2.24, 2.45) is 0 Å². The molecular weight excluding hydrogens is 282 g/mol. The second-order valence-electron chi connectivity index (χ2n) is 4.36. The molecular formula is C13H16ClN3OS. The summed E-state index contributed by atoms with van der Waals surface area (Å²) in [7, 11) is 0. The number of aryl methyl sites for hydroxylation is 2. The van der Waals surface area contributed by atoms with Gasteiger partial charge < -0.3 is 5.32 Å². The van der Waals surface area contributed by atoms with Crippen LogP contribution in [0.25, 0.3) is 0 Å². The van der Waals surface area contributed by atoms with Gasteiger partial charge >= 0.3 is 5.69 Å². The number of hydrogen-bond acceptors (Lipinski definition) is 4. The van der Waals surface area contributed by atoms with Gasteiger partial charge in [-0.25, -0.2) is 4.79 Å². The number of thiophene rings is 1. The van der Waals surface area contributed by atoms with Gasteiger partial charge in [0.05, 0.1) is 4.34 Å². The Labute approximate surface area is 121 Å². The Morgan fingerprint density at radius 3 is 2.84 bits per heavy atom. The molecule has 4 nitrogen and oxygen atoms in total. The van der Waals surface area contributed by atoms with Gasteiger partial charge in [-0.15, -0.1) is 11.3 Å². The van der Waals surface area contributed by atoms with Crippen LogP contribution in [-0.4, -0.2) is 16.1 Å². The minimum Gasteiger partial charge on any atom is -0.310 e. The van der Waals surface area contributed by atoms with Gasteiger partial charge in [0.2, 0.25) is 0 Å². The van der Waals surface area contributed by atoms with E-state index in [2.05, 4.69) is 10.3 Å². The van der Waals surface area contributed by atoms with Gasteiger partial charge in [-0.05, 0) is 32.0 Å². The molecule has 0 unspecified atom stereocenters. The van der Waals surface area contributed by atoms with E-state index in [1.54, 1.807) is 15.9 Å². The first-order valence-corrected chi connectivity index (χ1v) is 7.26. The zero-order valence-corrected chi connectivity index (χ0v) is 12.5. The van der Waals surface area contributed by atoms with Gasteiger partial charge in [0.1, 0.15) is 0 Å². The largest absolute Gasteiger partial charge is 0.347 e. The molecule has 2 aromatic rings. The molecule has 0 fully saturated rings. The minimum atomic E-state index is -0.182. The van der Waals surface area contributed by atoms with Crippen molar-refractivity contribution in [3.05, 3.63) is 49.3 Å². The molecule has 0 bridgehead atoms. The molecule has 0 aliphatic carbocycles. The van der Waals surface area contributed by atoms with E-state index in [-0.39, 0.29) is 5.69 Å². The van der Waals surface area contributed by atoms with E-state index in [1.165, 1.54) is 4.88 Å². The van der Waals surface area contributed by atoms with Gasteiger partial charge in [0.25, 0.3) is 0 Å². The van der Waals surface area contributed by atoms with Crippen LogP contribution in [0.5, 0.6) is 0 Å². The molecule has 2 rings (SSSR count). The van der Waals surface area contributed by atoms with Crippen molar-refractivity contribution in [3.8, 4) is 0 Å². The van der Waals surface area contributed by atoms with Crippen LogP contribution < -0.4 is 11.0 Å². The Kier molecular flexibility index (Phi) is 4.74. The highest BCUT2D eigenvalue weighted by molar-refractivity contribution is 7.16. The molecule has 0 saturated carbocycles. The standard InChI is InChI=1S/C13H16ClN3OS/c1-9-7-10(2)17(13(18)16-9)6-5-15-8-11-3-4-12(14)19-11/h3-4,7,15H,5-6,8H2,1-2H3. The van der Waals surface area contributed by atoms with Crippen molar-refractivity contribution in [2.45, 2.75) is 26.9 Å². The molecule has 6 heteroatoms. The van der Waals surface area contributed by atoms with Crippen LogP contribution in [0.3, 0.4) is 0 Å². The van der Waals surface area contributed by atoms with Crippen molar-refractivity contribution in [1.29, 1.82) is 0 Å². The predicted octanol–water partition coefficient (Wildman–Crippen LogP) is 2.36. The van der Waals surface area contributed by atoms with Crippen molar-refractivity contribution in [3.63, 3.8) is 0 Å². The van der Waals surface area contributed by atoms with Crippen LogP contribution in [-0.2, 0) is 13.1 Å². The Bertz CT molecular complexity index is 621. The number of rotatable bonds is 5. The highest BCUT2D eigenvalue weighted by Gasteiger charge is 2.02. The number of halogens is 1. The minimum absolute atomic E-state index is 0.182. The number of nitrogens with zero attached hydrogens (tertiary/aromatic N) is 2. The summed E-state index contributed by atoms with van der Waals surface area (Å²) in [5.41, 5.74) is 1.52. The summed E-state index contributed by atoms with van der Waals surface area (Å²) in [5, 5.41) is 3.30. The number of nitrogens with one attached hydrogen (secondary N) is 1. The third-order valence-corrected chi connectivity index (χ3v) is 4.02. The first-order valence-electron chi connectivity index (χ1n) is 6.06. The molecule has 2 aromatic heterocycles. The second-order valence-corrected chi connectivity index (χ2v) is 6.16. The lowest BCUT2D eigenvalue weighted by Crippen LogP contribution is -2.30. The molecule has 0 radical (unpaired) electrons. The molecule has 0 aliphatic heterocycles. The highest BCUT2D eigenvalue weighted by atomic mass is 35.5. The summed E-state index contributed by atoms with van der Waals surface area (Å²) in [4.78, 5) is 16.9. The van der Waals surface area contributed by atoms with Crippen LogP contribution in [0, 0.1) is 13.8 Å². The van der Waals surface area contributed by atoms with E-state index >= 15 is 0 Å². The lowest BCUT2D eigenvalue weighted by molar-refractivity contribution is 0.565. The average Bonchev–Trinajstić information content (AvgIpc) is 2.73. The summed E-state index contributed by atoms with van der Waals surface area (Å²) >= 11 is 7.43. The molecule has 102 valence electrons. The highest BCUT2D eigenvalue weighted by Crippen LogP contribution is 2.20. The van der Waals surface area contributed by atoms with Crippen LogP contribution in [0.2, 0.25) is 4.34 Å². The fraction of sp³-hybridized carbons (Fsp3) is 0.385. The molecule has 0 atom stereocenters. The van der Waals surface area contributed by atoms with E-state index in [9.17, 15) is 4.79 Å². The third kappa shape index (κ3) is 3.89. The van der Waals surface area contributed by atoms with Crippen molar-refractivity contribution in [1.82, 2.24) is 14.9 Å². The van der Waals surface area contributed by atoms with E-state index in [4.69, 9.17) is 11.6 Å². The third-order valence-electron chi connectivity index (χ3n) is 2.79. The average molecular weight is 298 g/mol. The zero-order valence-electron chi connectivity index (χ0n) is 10.9. The van der Waals surface area contributed by atoms with Crippen LogP contribution in [0.1, 0.15) is 16.3 Å². The zero-order chi connectivity index (χ0) is 13.8. The predicted molar refractivity (Wildman–Crippen MR) is 79.0 cm³/mol. The van der Waals surface area contributed by atoms with E-state index in [0.717, 1.165) is 28.8 Å². The van der Waals surface area contributed by atoms with Gasteiger partial charge in [-0.2, -0.15) is 4.98 Å². The lowest BCUT2D eigenvalue weighted by Gasteiger charge is -2.10. The second kappa shape index (κ2) is 6.32. The monoisotopic (exact) mass is 297 g/mol. The van der Waals surface area contributed by atoms with Crippen molar-refractivity contribution < 1.29 is 0 Å². The maximum absolute atomic E-state index is 11.7. The summed E-state index contributed by atoms with van der Waals surface area (Å²) < 4.78 is 2.48. The van der Waals surface area contributed by atoms with Crippen molar-refractivity contribution in [2.75, 3.05) is 6.54 Å². The van der Waals surface area contributed by atoms with E-state index in [0.29, 0.717) is 6.54 Å². The summed E-state index contributed by atoms with van der Waals surface area (Å²) in [5.74, 6) is 0. The van der Waals surface area contributed by atoms with E-state index < -0.39 is 0 Å². The first kappa shape index (κ1) is 14.2. The Morgan fingerprint density at radius 1 is 1.42 bits per heavy atom. The lowest BCUT2D eigenvalue weighted by atomic mass is 10.3. The molecule has 0 amide bonds. The maximum Gasteiger partial charge on any atom is 0.347 e. The molecule has 1 N–H and O–H groups in total. The summed E-state index contributed by atoms with van der Waals surface area (Å²) in [6.07, 6.45) is 0. The molecule has 0 spiro atoms. The smallest absolute Gasteiger partial charge is 0.310 e. The van der Waals surface area contributed by atoms with Gasteiger partial charge in [0, 0.05) is 35.9 Å². The molecule has 2 heterocycles.